The van der Waals surface area contributed by atoms with Crippen molar-refractivity contribution in [2.24, 2.45) is 11.7 Å². The summed E-state index contributed by atoms with van der Waals surface area (Å²) in [5, 5.41) is 0. The Balaban J connectivity index is 2.97. The van der Waals surface area contributed by atoms with Crippen LogP contribution in [0, 0.1) is 5.92 Å². The standard InChI is InChI=1S/C8H10N.C4H9O.CH3.ClH.Sn/c1-7(9)8-5-3-2-4-6-8;1-4(2)3-5;;;/h2-5,7H,9H2,1H3;4H,3H2,1-2H3;1H3;1H;/q;-1;;;+2/p-1. The molecule has 96 valence electrons. The molecule has 0 saturated heterocycles. The van der Waals surface area contributed by atoms with Crippen molar-refractivity contribution >= 4 is 30.2 Å². The molecular weight excluding hydrogens is 340 g/mol. The van der Waals surface area contributed by atoms with Crippen LogP contribution in [0.4, 0.5) is 0 Å². The molecule has 17 heavy (non-hydrogen) atoms. The predicted molar refractivity (Wildman–Crippen MR) is 76.9 cm³/mol. The van der Waals surface area contributed by atoms with Gasteiger partial charge in [-0.05, 0) is 0 Å². The third-order valence-electron chi connectivity index (χ3n) is 2.62. The molecule has 0 fully saturated rings. The van der Waals surface area contributed by atoms with E-state index in [2.05, 4.69) is 30.9 Å². The zero-order valence-corrected chi connectivity index (χ0v) is 14.6. The number of nitrogens with two attached hydrogens (primary N) is 1. The van der Waals surface area contributed by atoms with Crippen LogP contribution in [0.25, 0.3) is 0 Å². The molecule has 0 radical (unpaired) electrons. The van der Waals surface area contributed by atoms with Crippen LogP contribution in [0.15, 0.2) is 24.3 Å². The molecule has 4 heteroatoms. The van der Waals surface area contributed by atoms with E-state index in [0.717, 1.165) is 12.2 Å². The van der Waals surface area contributed by atoms with E-state index < -0.39 is 17.7 Å². The second-order valence-electron chi connectivity index (χ2n) is 5.00. The van der Waals surface area contributed by atoms with E-state index in [-0.39, 0.29) is 6.04 Å². The normalized spacial score (nSPS) is 16.9. The van der Waals surface area contributed by atoms with Crippen LogP contribution in [0.3, 0.4) is 0 Å². The van der Waals surface area contributed by atoms with Crippen LogP contribution in [0.5, 0.6) is 0 Å². The fraction of sp³-hybridized carbons (Fsp3) is 0.538. The Morgan fingerprint density at radius 1 is 1.29 bits per heavy atom. The first-order valence-corrected chi connectivity index (χ1v) is 15.1. The molecule has 1 rings (SSSR count). The van der Waals surface area contributed by atoms with Crippen molar-refractivity contribution in [2.75, 3.05) is 6.61 Å². The topological polar surface area (TPSA) is 35.2 Å². The summed E-state index contributed by atoms with van der Waals surface area (Å²) in [4.78, 5) is 2.08. The van der Waals surface area contributed by atoms with E-state index >= 15 is 0 Å². The molecule has 0 amide bonds. The van der Waals surface area contributed by atoms with Gasteiger partial charge in [0.05, 0.1) is 0 Å². The van der Waals surface area contributed by atoms with Gasteiger partial charge in [0, 0.05) is 0 Å². The Morgan fingerprint density at radius 3 is 2.41 bits per heavy atom. The molecule has 1 aromatic rings. The molecule has 1 aromatic carbocycles. The van der Waals surface area contributed by atoms with Gasteiger partial charge in [0.25, 0.3) is 0 Å². The van der Waals surface area contributed by atoms with Crippen molar-refractivity contribution < 1.29 is 3.07 Å². The molecule has 0 spiro atoms. The Kier molecular flexibility index (Phi) is 5.77. The second kappa shape index (κ2) is 6.41. The van der Waals surface area contributed by atoms with Gasteiger partial charge in [-0.3, -0.25) is 0 Å². The molecule has 2 unspecified atom stereocenters. The quantitative estimate of drug-likeness (QED) is 0.818. The fourth-order valence-corrected chi connectivity index (χ4v) is 9.05. The van der Waals surface area contributed by atoms with Crippen LogP contribution >= 0.6 is 8.92 Å². The first-order chi connectivity index (χ1) is 7.84. The van der Waals surface area contributed by atoms with E-state index in [4.69, 9.17) is 17.7 Å². The van der Waals surface area contributed by atoms with E-state index in [1.807, 2.05) is 19.1 Å². The van der Waals surface area contributed by atoms with Crippen molar-refractivity contribution in [3.8, 4) is 0 Å². The van der Waals surface area contributed by atoms with Gasteiger partial charge in [0.2, 0.25) is 0 Å². The third kappa shape index (κ3) is 4.43. The van der Waals surface area contributed by atoms with Crippen LogP contribution in [-0.4, -0.2) is 24.3 Å². The summed E-state index contributed by atoms with van der Waals surface area (Å²) < 4.78 is 7.15. The Morgan fingerprint density at radius 2 is 1.88 bits per heavy atom. The fourth-order valence-electron chi connectivity index (χ4n) is 1.70. The van der Waals surface area contributed by atoms with Crippen LogP contribution < -0.4 is 9.31 Å². The number of rotatable bonds is 5. The molecule has 0 bridgehead atoms. The van der Waals surface area contributed by atoms with Crippen molar-refractivity contribution in [1.82, 2.24) is 0 Å². The van der Waals surface area contributed by atoms with Crippen molar-refractivity contribution in [3.63, 3.8) is 0 Å². The zero-order valence-electron chi connectivity index (χ0n) is 11.0. The molecule has 2 atom stereocenters. The van der Waals surface area contributed by atoms with Gasteiger partial charge in [-0.25, -0.2) is 0 Å². The zero-order chi connectivity index (χ0) is 13.1. The van der Waals surface area contributed by atoms with E-state index in [0.29, 0.717) is 5.92 Å². The van der Waals surface area contributed by atoms with Gasteiger partial charge in [-0.1, -0.05) is 0 Å². The summed E-state index contributed by atoms with van der Waals surface area (Å²) >= 11 is -3.15. The number of benzene rings is 1. The molecule has 0 saturated carbocycles. The van der Waals surface area contributed by atoms with Crippen molar-refractivity contribution in [2.45, 2.75) is 31.8 Å². The van der Waals surface area contributed by atoms with Gasteiger partial charge in [0.1, 0.15) is 0 Å². The molecule has 0 heterocycles. The maximum atomic E-state index is 6.69. The van der Waals surface area contributed by atoms with Crippen LogP contribution in [-0.2, 0) is 3.07 Å². The minimum atomic E-state index is -3.15. The van der Waals surface area contributed by atoms with E-state index in [1.165, 1.54) is 3.58 Å². The maximum absolute atomic E-state index is 6.69. The molecule has 0 aromatic heterocycles. The van der Waals surface area contributed by atoms with Gasteiger partial charge in [0.15, 0.2) is 0 Å². The van der Waals surface area contributed by atoms with Gasteiger partial charge in [-0.15, -0.1) is 0 Å². The molecule has 0 aliphatic carbocycles. The second-order valence-corrected chi connectivity index (χ2v) is 17.4. The third-order valence-corrected chi connectivity index (χ3v) is 10.8. The van der Waals surface area contributed by atoms with E-state index in [9.17, 15) is 0 Å². The average Bonchev–Trinajstić information content (AvgIpc) is 2.26. The van der Waals surface area contributed by atoms with Gasteiger partial charge in [-0.2, -0.15) is 0 Å². The number of halogens is 1. The first kappa shape index (κ1) is 15.3. The first-order valence-electron chi connectivity index (χ1n) is 6.02. The SMILES string of the molecule is CC(C)C[O][Sn]([CH3])([Cl])[c]1ccccc1C(C)N. The monoisotopic (exact) mass is 363 g/mol. The Labute approximate surface area is 113 Å². The molecular formula is C13H22ClNOSn. The van der Waals surface area contributed by atoms with Crippen molar-refractivity contribution in [1.29, 1.82) is 0 Å². The molecule has 2 nitrogen and oxygen atoms in total. The molecule has 0 aliphatic rings. The molecule has 2 N–H and O–H groups in total. The summed E-state index contributed by atoms with van der Waals surface area (Å²) in [5.74, 6) is 0.507. The van der Waals surface area contributed by atoms with Crippen molar-refractivity contribution in [3.05, 3.63) is 29.8 Å². The Bertz CT molecular complexity index is 366. The summed E-state index contributed by atoms with van der Waals surface area (Å²) in [5.41, 5.74) is 7.12. The average molecular weight is 362 g/mol. The summed E-state index contributed by atoms with van der Waals surface area (Å²) in [6, 6.07) is 8.14. The minimum absolute atomic E-state index is 0.00336. The van der Waals surface area contributed by atoms with Crippen LogP contribution in [0.2, 0.25) is 4.94 Å². The van der Waals surface area contributed by atoms with Gasteiger partial charge >= 0.3 is 113 Å². The Hall–Kier alpha value is 0.229. The number of hydrogen-bond acceptors (Lipinski definition) is 2. The van der Waals surface area contributed by atoms with Crippen LogP contribution in [0.1, 0.15) is 32.4 Å². The summed E-state index contributed by atoms with van der Waals surface area (Å²) in [7, 11) is 6.69. The predicted octanol–water partition coefficient (Wildman–Crippen LogP) is 2.90. The summed E-state index contributed by atoms with van der Waals surface area (Å²) in [6.45, 7) is 6.98. The molecule has 0 aliphatic heterocycles. The number of hydrogen-bond donors (Lipinski definition) is 1. The van der Waals surface area contributed by atoms with E-state index in [1.54, 1.807) is 0 Å². The summed E-state index contributed by atoms with van der Waals surface area (Å²) in [6.07, 6.45) is 0. The van der Waals surface area contributed by atoms with Gasteiger partial charge < -0.3 is 0 Å².